The second kappa shape index (κ2) is 5.59. The van der Waals surface area contributed by atoms with Crippen LogP contribution in [0.2, 0.25) is 0 Å². The summed E-state index contributed by atoms with van der Waals surface area (Å²) in [7, 11) is 0. The fraction of sp³-hybridized carbons (Fsp3) is 0.312. The van der Waals surface area contributed by atoms with Gasteiger partial charge in [-0.1, -0.05) is 0 Å². The van der Waals surface area contributed by atoms with Crippen molar-refractivity contribution in [2.24, 2.45) is 0 Å². The van der Waals surface area contributed by atoms with Gasteiger partial charge in [-0.3, -0.25) is 9.69 Å². The summed E-state index contributed by atoms with van der Waals surface area (Å²) in [5, 5.41) is 0. The Labute approximate surface area is 117 Å². The summed E-state index contributed by atoms with van der Waals surface area (Å²) in [4.78, 5) is 14.4. The first-order valence-corrected chi connectivity index (χ1v) is 6.77. The van der Waals surface area contributed by atoms with Gasteiger partial charge in [0.1, 0.15) is 11.6 Å². The van der Waals surface area contributed by atoms with Crippen molar-refractivity contribution in [3.05, 3.63) is 59.8 Å². The maximum absolute atomic E-state index is 12.9. The van der Waals surface area contributed by atoms with Crippen molar-refractivity contribution in [3.63, 3.8) is 0 Å². The molecule has 1 aliphatic carbocycles. The molecule has 0 unspecified atom stereocenters. The van der Waals surface area contributed by atoms with E-state index in [1.807, 2.05) is 12.1 Å². The number of nitrogens with zero attached hydrogens (tertiary/aromatic N) is 1. The SMILES string of the molecule is O=C(CN(Cc1ccco1)C1CC1)c1ccc(F)cc1. The number of Topliss-reactive ketones (excluding diaryl/α,β-unsaturated/α-hetero) is 1. The molecule has 104 valence electrons. The molecule has 0 atom stereocenters. The molecule has 1 saturated carbocycles. The van der Waals surface area contributed by atoms with Gasteiger partial charge in [0, 0.05) is 11.6 Å². The maximum atomic E-state index is 12.9. The van der Waals surface area contributed by atoms with Crippen molar-refractivity contribution in [2.75, 3.05) is 6.54 Å². The van der Waals surface area contributed by atoms with Crippen molar-refractivity contribution in [2.45, 2.75) is 25.4 Å². The summed E-state index contributed by atoms with van der Waals surface area (Å²) >= 11 is 0. The summed E-state index contributed by atoms with van der Waals surface area (Å²) < 4.78 is 18.2. The Morgan fingerprint density at radius 3 is 2.60 bits per heavy atom. The number of rotatable bonds is 6. The van der Waals surface area contributed by atoms with Crippen LogP contribution in [-0.4, -0.2) is 23.3 Å². The third kappa shape index (κ3) is 3.14. The Balaban J connectivity index is 1.67. The number of halogens is 1. The van der Waals surface area contributed by atoms with E-state index in [2.05, 4.69) is 4.90 Å². The lowest BCUT2D eigenvalue weighted by Gasteiger charge is -2.19. The van der Waals surface area contributed by atoms with Gasteiger partial charge < -0.3 is 4.42 Å². The molecule has 1 heterocycles. The molecule has 0 amide bonds. The van der Waals surface area contributed by atoms with Crippen LogP contribution in [0.3, 0.4) is 0 Å². The fourth-order valence-corrected chi connectivity index (χ4v) is 2.27. The predicted octanol–water partition coefficient (Wildman–Crippen LogP) is 3.27. The molecule has 1 aromatic heterocycles. The van der Waals surface area contributed by atoms with Crippen molar-refractivity contribution in [1.82, 2.24) is 4.90 Å². The Kier molecular flexibility index (Phi) is 3.65. The summed E-state index contributed by atoms with van der Waals surface area (Å²) in [6.07, 6.45) is 3.89. The van der Waals surface area contributed by atoms with E-state index in [4.69, 9.17) is 4.42 Å². The fourth-order valence-electron chi connectivity index (χ4n) is 2.27. The van der Waals surface area contributed by atoms with Crippen LogP contribution in [0.5, 0.6) is 0 Å². The van der Waals surface area contributed by atoms with E-state index in [0.717, 1.165) is 18.6 Å². The molecule has 0 N–H and O–H groups in total. The van der Waals surface area contributed by atoms with Gasteiger partial charge in [0.15, 0.2) is 5.78 Å². The molecule has 0 aliphatic heterocycles. The standard InChI is InChI=1S/C16H16FNO2/c17-13-5-3-12(4-6-13)16(19)11-18(14-7-8-14)10-15-2-1-9-20-15/h1-6,9,14H,7-8,10-11H2. The van der Waals surface area contributed by atoms with Crippen molar-refractivity contribution in [1.29, 1.82) is 0 Å². The molecule has 0 bridgehead atoms. The molecule has 0 saturated heterocycles. The average Bonchev–Trinajstić information content (AvgIpc) is 3.17. The Morgan fingerprint density at radius 1 is 1.25 bits per heavy atom. The highest BCUT2D eigenvalue weighted by atomic mass is 19.1. The lowest BCUT2D eigenvalue weighted by Crippen LogP contribution is -2.31. The number of benzene rings is 1. The second-order valence-electron chi connectivity index (χ2n) is 5.15. The van der Waals surface area contributed by atoms with E-state index >= 15 is 0 Å². The number of furan rings is 1. The van der Waals surface area contributed by atoms with Crippen LogP contribution in [0.15, 0.2) is 47.1 Å². The number of hydrogen-bond acceptors (Lipinski definition) is 3. The molecule has 1 aliphatic rings. The molecular weight excluding hydrogens is 257 g/mol. The molecule has 2 aromatic rings. The second-order valence-corrected chi connectivity index (χ2v) is 5.15. The van der Waals surface area contributed by atoms with Gasteiger partial charge in [0.25, 0.3) is 0 Å². The van der Waals surface area contributed by atoms with Crippen LogP contribution in [-0.2, 0) is 6.54 Å². The van der Waals surface area contributed by atoms with Crippen LogP contribution in [0.4, 0.5) is 4.39 Å². The predicted molar refractivity (Wildman–Crippen MR) is 72.9 cm³/mol. The van der Waals surface area contributed by atoms with Crippen molar-refractivity contribution < 1.29 is 13.6 Å². The molecule has 4 heteroatoms. The van der Waals surface area contributed by atoms with Gasteiger partial charge in [-0.05, 0) is 49.2 Å². The maximum Gasteiger partial charge on any atom is 0.176 e. The third-order valence-corrected chi connectivity index (χ3v) is 3.52. The zero-order chi connectivity index (χ0) is 13.9. The highest BCUT2D eigenvalue weighted by Crippen LogP contribution is 2.28. The largest absolute Gasteiger partial charge is 0.468 e. The summed E-state index contributed by atoms with van der Waals surface area (Å²) in [5.74, 6) is 0.559. The molecule has 3 rings (SSSR count). The molecule has 1 aromatic carbocycles. The van der Waals surface area contributed by atoms with Gasteiger partial charge in [-0.15, -0.1) is 0 Å². The molecule has 3 nitrogen and oxygen atoms in total. The van der Waals surface area contributed by atoms with E-state index < -0.39 is 0 Å². The van der Waals surface area contributed by atoms with Crippen LogP contribution < -0.4 is 0 Å². The lowest BCUT2D eigenvalue weighted by atomic mass is 10.1. The number of ketones is 1. The van der Waals surface area contributed by atoms with E-state index in [9.17, 15) is 9.18 Å². The van der Waals surface area contributed by atoms with Crippen LogP contribution in [0.25, 0.3) is 0 Å². The third-order valence-electron chi connectivity index (χ3n) is 3.52. The zero-order valence-corrected chi connectivity index (χ0v) is 11.1. The van der Waals surface area contributed by atoms with E-state index in [0.29, 0.717) is 24.7 Å². The first kappa shape index (κ1) is 13.1. The molecular formula is C16H16FNO2. The van der Waals surface area contributed by atoms with Gasteiger partial charge in [-0.2, -0.15) is 0 Å². The molecule has 0 spiro atoms. The van der Waals surface area contributed by atoms with Crippen LogP contribution in [0.1, 0.15) is 29.0 Å². The average molecular weight is 273 g/mol. The molecule has 1 fully saturated rings. The molecule has 0 radical (unpaired) electrons. The minimum atomic E-state index is -0.323. The summed E-state index contributed by atoms with van der Waals surface area (Å²) in [6, 6.07) is 9.94. The first-order valence-electron chi connectivity index (χ1n) is 6.77. The van der Waals surface area contributed by atoms with Crippen molar-refractivity contribution >= 4 is 5.78 Å². The highest BCUT2D eigenvalue weighted by molar-refractivity contribution is 5.97. The van der Waals surface area contributed by atoms with Crippen LogP contribution >= 0.6 is 0 Å². The van der Waals surface area contributed by atoms with Gasteiger partial charge >= 0.3 is 0 Å². The van der Waals surface area contributed by atoms with Gasteiger partial charge in [0.05, 0.1) is 19.4 Å². The van der Waals surface area contributed by atoms with Gasteiger partial charge in [-0.25, -0.2) is 4.39 Å². The zero-order valence-electron chi connectivity index (χ0n) is 11.1. The normalized spacial score (nSPS) is 14.7. The lowest BCUT2D eigenvalue weighted by molar-refractivity contribution is 0.0913. The molecule has 20 heavy (non-hydrogen) atoms. The van der Waals surface area contributed by atoms with Crippen molar-refractivity contribution in [3.8, 4) is 0 Å². The van der Waals surface area contributed by atoms with Gasteiger partial charge in [0.2, 0.25) is 0 Å². The number of hydrogen-bond donors (Lipinski definition) is 0. The Hall–Kier alpha value is -1.94. The highest BCUT2D eigenvalue weighted by Gasteiger charge is 2.30. The van der Waals surface area contributed by atoms with Crippen LogP contribution in [0, 0.1) is 5.82 Å². The van der Waals surface area contributed by atoms with E-state index in [1.165, 1.54) is 24.3 Å². The quantitative estimate of drug-likeness (QED) is 0.757. The van der Waals surface area contributed by atoms with E-state index in [1.54, 1.807) is 6.26 Å². The minimum absolute atomic E-state index is 0.0171. The Morgan fingerprint density at radius 2 is 2.00 bits per heavy atom. The number of carbonyl (C=O) groups excluding carboxylic acids is 1. The topological polar surface area (TPSA) is 33.5 Å². The summed E-state index contributed by atoms with van der Waals surface area (Å²) in [6.45, 7) is 0.988. The summed E-state index contributed by atoms with van der Waals surface area (Å²) in [5.41, 5.74) is 0.552. The monoisotopic (exact) mass is 273 g/mol. The number of carbonyl (C=O) groups is 1. The smallest absolute Gasteiger partial charge is 0.176 e. The minimum Gasteiger partial charge on any atom is -0.468 e. The van der Waals surface area contributed by atoms with E-state index in [-0.39, 0.29) is 11.6 Å². The Bertz CT molecular complexity index is 573. The first-order chi connectivity index (χ1) is 9.72.